The minimum atomic E-state index is -0.542. The summed E-state index contributed by atoms with van der Waals surface area (Å²) in [6, 6.07) is 3.89. The SMILES string of the molecule is CC(C)OB(OC(C)C)OC(C)C.c1cc[nH]c1. The molecule has 0 radical (unpaired) electrons. The number of hydrogen-bond donors (Lipinski definition) is 1. The molecule has 0 aromatic carbocycles. The molecule has 1 N–H and O–H groups in total. The number of nitrogens with one attached hydrogen (secondary N) is 1. The standard InChI is InChI=1S/C9H21BO3.C4H5N/c1-7(2)11-10(12-8(3)4)13-9(5)6;1-2-4-5-3-1/h7-9H,1-6H3;1-5H. The predicted octanol–water partition coefficient (Wildman–Crippen LogP) is 3.26. The lowest BCUT2D eigenvalue weighted by Gasteiger charge is -2.20. The van der Waals surface area contributed by atoms with Gasteiger partial charge in [0.1, 0.15) is 0 Å². The molecule has 4 nitrogen and oxygen atoms in total. The van der Waals surface area contributed by atoms with Crippen molar-refractivity contribution in [3.63, 3.8) is 0 Å². The average molecular weight is 255 g/mol. The van der Waals surface area contributed by atoms with Crippen LogP contribution in [0.4, 0.5) is 0 Å². The van der Waals surface area contributed by atoms with Crippen molar-refractivity contribution in [3.05, 3.63) is 24.5 Å². The van der Waals surface area contributed by atoms with E-state index in [4.69, 9.17) is 14.0 Å². The molecule has 0 fully saturated rings. The van der Waals surface area contributed by atoms with Crippen LogP contribution in [0.5, 0.6) is 0 Å². The van der Waals surface area contributed by atoms with Crippen LogP contribution < -0.4 is 0 Å². The molecule has 0 aliphatic heterocycles. The first-order valence-corrected chi connectivity index (χ1v) is 6.46. The Morgan fingerprint density at radius 1 is 0.722 bits per heavy atom. The Labute approximate surface area is 111 Å². The van der Waals surface area contributed by atoms with Gasteiger partial charge in [0.05, 0.1) is 0 Å². The normalized spacial score (nSPS) is 10.7. The summed E-state index contributed by atoms with van der Waals surface area (Å²) in [5.74, 6) is 0. The second-order valence-electron chi connectivity index (χ2n) is 4.73. The van der Waals surface area contributed by atoms with E-state index in [2.05, 4.69) is 4.98 Å². The molecule has 0 atom stereocenters. The monoisotopic (exact) mass is 255 g/mol. The van der Waals surface area contributed by atoms with Crippen molar-refractivity contribution in [1.29, 1.82) is 0 Å². The van der Waals surface area contributed by atoms with Crippen LogP contribution in [0.2, 0.25) is 0 Å². The smallest absolute Gasteiger partial charge is 0.384 e. The Balaban J connectivity index is 0.000000473. The van der Waals surface area contributed by atoms with E-state index < -0.39 is 7.32 Å². The molecular formula is C13H26BNO3. The summed E-state index contributed by atoms with van der Waals surface area (Å²) in [7, 11) is -0.542. The molecule has 104 valence electrons. The van der Waals surface area contributed by atoms with Crippen LogP contribution in [0, 0.1) is 0 Å². The lowest BCUT2D eigenvalue weighted by Crippen LogP contribution is -2.34. The van der Waals surface area contributed by atoms with Crippen LogP contribution in [0.3, 0.4) is 0 Å². The zero-order valence-corrected chi connectivity index (χ0v) is 12.3. The molecule has 0 amide bonds. The molecule has 5 heteroatoms. The van der Waals surface area contributed by atoms with E-state index >= 15 is 0 Å². The molecule has 18 heavy (non-hydrogen) atoms. The van der Waals surface area contributed by atoms with Gasteiger partial charge < -0.3 is 18.9 Å². The van der Waals surface area contributed by atoms with Crippen LogP contribution in [0.25, 0.3) is 0 Å². The molecule has 0 spiro atoms. The van der Waals surface area contributed by atoms with E-state index in [1.165, 1.54) is 0 Å². The van der Waals surface area contributed by atoms with Gasteiger partial charge in [-0.15, -0.1) is 0 Å². The molecule has 0 unspecified atom stereocenters. The largest absolute Gasteiger partial charge is 0.639 e. The van der Waals surface area contributed by atoms with Gasteiger partial charge in [0.2, 0.25) is 0 Å². The fraction of sp³-hybridized carbons (Fsp3) is 0.692. The van der Waals surface area contributed by atoms with Gasteiger partial charge in [0.25, 0.3) is 0 Å². The summed E-state index contributed by atoms with van der Waals surface area (Å²) >= 11 is 0. The van der Waals surface area contributed by atoms with E-state index in [0.717, 1.165) is 0 Å². The fourth-order valence-electron chi connectivity index (χ4n) is 1.04. The Bertz CT molecular complexity index is 222. The zero-order chi connectivity index (χ0) is 14.0. The molecule has 0 aliphatic rings. The highest BCUT2D eigenvalue weighted by Gasteiger charge is 2.25. The highest BCUT2D eigenvalue weighted by atomic mass is 16.7. The van der Waals surface area contributed by atoms with Gasteiger partial charge >= 0.3 is 7.32 Å². The predicted molar refractivity (Wildman–Crippen MR) is 75.2 cm³/mol. The third kappa shape index (κ3) is 11.7. The molecule has 1 heterocycles. The zero-order valence-electron chi connectivity index (χ0n) is 12.3. The third-order valence-electron chi connectivity index (χ3n) is 1.65. The van der Waals surface area contributed by atoms with Gasteiger partial charge in [0.15, 0.2) is 0 Å². The minimum absolute atomic E-state index is 0.113. The molecule has 0 saturated carbocycles. The third-order valence-corrected chi connectivity index (χ3v) is 1.65. The summed E-state index contributed by atoms with van der Waals surface area (Å²) < 4.78 is 16.3. The number of H-pyrrole nitrogens is 1. The highest BCUT2D eigenvalue weighted by Crippen LogP contribution is 2.04. The molecule has 1 rings (SSSR count). The van der Waals surface area contributed by atoms with Gasteiger partial charge in [-0.05, 0) is 53.7 Å². The Morgan fingerprint density at radius 2 is 1.06 bits per heavy atom. The summed E-state index contributed by atoms with van der Waals surface area (Å²) in [6.45, 7) is 11.8. The number of aromatic amines is 1. The lowest BCUT2D eigenvalue weighted by molar-refractivity contribution is 0.0335. The van der Waals surface area contributed by atoms with Gasteiger partial charge in [-0.2, -0.15) is 0 Å². The second kappa shape index (κ2) is 10.2. The first-order valence-electron chi connectivity index (χ1n) is 6.46. The molecular weight excluding hydrogens is 229 g/mol. The van der Waals surface area contributed by atoms with Gasteiger partial charge in [0, 0.05) is 30.7 Å². The minimum Gasteiger partial charge on any atom is -0.384 e. The van der Waals surface area contributed by atoms with E-state index in [9.17, 15) is 0 Å². The first kappa shape index (κ1) is 17.2. The van der Waals surface area contributed by atoms with E-state index in [1.807, 2.05) is 66.1 Å². The maximum atomic E-state index is 5.43. The van der Waals surface area contributed by atoms with Gasteiger partial charge in [-0.25, -0.2) is 0 Å². The van der Waals surface area contributed by atoms with Crippen molar-refractivity contribution in [2.45, 2.75) is 59.9 Å². The van der Waals surface area contributed by atoms with Crippen molar-refractivity contribution in [2.24, 2.45) is 0 Å². The Kier molecular flexibility index (Phi) is 9.74. The van der Waals surface area contributed by atoms with Crippen molar-refractivity contribution in [1.82, 2.24) is 4.98 Å². The number of hydrogen-bond acceptors (Lipinski definition) is 3. The highest BCUT2D eigenvalue weighted by molar-refractivity contribution is 6.36. The summed E-state index contributed by atoms with van der Waals surface area (Å²) in [5.41, 5.74) is 0. The lowest BCUT2D eigenvalue weighted by atomic mass is 10.2. The van der Waals surface area contributed by atoms with Crippen LogP contribution in [-0.2, 0) is 14.0 Å². The summed E-state index contributed by atoms with van der Waals surface area (Å²) in [5, 5.41) is 0. The van der Waals surface area contributed by atoms with Crippen LogP contribution in [0.1, 0.15) is 41.5 Å². The molecule has 1 aromatic rings. The van der Waals surface area contributed by atoms with Crippen molar-refractivity contribution >= 4 is 7.32 Å². The Hall–Kier alpha value is -0.775. The molecule has 0 bridgehead atoms. The quantitative estimate of drug-likeness (QED) is 0.793. The number of aromatic nitrogens is 1. The van der Waals surface area contributed by atoms with Gasteiger partial charge in [-0.3, -0.25) is 0 Å². The fourth-order valence-corrected chi connectivity index (χ4v) is 1.04. The summed E-state index contributed by atoms with van der Waals surface area (Å²) in [6.07, 6.45) is 4.09. The average Bonchev–Trinajstić information content (AvgIpc) is 2.70. The van der Waals surface area contributed by atoms with Gasteiger partial charge in [-0.1, -0.05) is 0 Å². The van der Waals surface area contributed by atoms with Crippen molar-refractivity contribution in [3.8, 4) is 0 Å². The van der Waals surface area contributed by atoms with Crippen molar-refractivity contribution < 1.29 is 14.0 Å². The molecule has 0 aliphatic carbocycles. The Morgan fingerprint density at radius 3 is 1.22 bits per heavy atom. The topological polar surface area (TPSA) is 43.5 Å². The van der Waals surface area contributed by atoms with E-state index in [0.29, 0.717) is 0 Å². The van der Waals surface area contributed by atoms with E-state index in [-0.39, 0.29) is 18.3 Å². The maximum absolute atomic E-state index is 5.43. The van der Waals surface area contributed by atoms with E-state index in [1.54, 1.807) is 0 Å². The first-order chi connectivity index (χ1) is 8.41. The molecule has 0 saturated heterocycles. The maximum Gasteiger partial charge on any atom is 0.639 e. The number of rotatable bonds is 6. The van der Waals surface area contributed by atoms with Crippen LogP contribution >= 0.6 is 0 Å². The van der Waals surface area contributed by atoms with Crippen molar-refractivity contribution in [2.75, 3.05) is 0 Å². The second-order valence-corrected chi connectivity index (χ2v) is 4.73. The van der Waals surface area contributed by atoms with Crippen LogP contribution in [-0.4, -0.2) is 30.6 Å². The molecule has 1 aromatic heterocycles. The van der Waals surface area contributed by atoms with Crippen LogP contribution in [0.15, 0.2) is 24.5 Å². The summed E-state index contributed by atoms with van der Waals surface area (Å²) in [4.78, 5) is 2.86.